The Kier molecular flexibility index (Phi) is 4.61. The molecule has 3 fully saturated rings. The van der Waals surface area contributed by atoms with Crippen LogP contribution in [-0.4, -0.2) is 77.7 Å². The third-order valence-corrected chi connectivity index (χ3v) is 7.73. The van der Waals surface area contributed by atoms with Crippen LogP contribution < -0.4 is 0 Å². The number of hydrogen-bond acceptors (Lipinski definition) is 4. The molecule has 3 rings (SSSR count). The van der Waals surface area contributed by atoms with Crippen LogP contribution in [0.2, 0.25) is 0 Å². The molecule has 0 saturated carbocycles. The number of nitrogens with zero attached hydrogens (tertiary/aromatic N) is 3. The van der Waals surface area contributed by atoms with Crippen molar-refractivity contribution >= 4 is 22.1 Å². The fraction of sp³-hybridized carbons (Fsp3) is 0.867. The Morgan fingerprint density at radius 2 is 1.58 bits per heavy atom. The van der Waals surface area contributed by atoms with Crippen LogP contribution in [0.5, 0.6) is 0 Å². The van der Waals surface area contributed by atoms with Crippen molar-refractivity contribution in [3.8, 4) is 0 Å². The lowest BCUT2D eigenvalue weighted by atomic mass is 9.77. The highest BCUT2D eigenvalue weighted by molar-refractivity contribution is 7.86. The molecule has 8 nitrogen and oxygen atoms in total. The fourth-order valence-corrected chi connectivity index (χ4v) is 5.93. The van der Waals surface area contributed by atoms with Crippen molar-refractivity contribution in [1.82, 2.24) is 13.5 Å². The van der Waals surface area contributed by atoms with Gasteiger partial charge >= 0.3 is 5.97 Å². The first-order chi connectivity index (χ1) is 11.3. The molecule has 0 aromatic carbocycles. The second-order valence-corrected chi connectivity index (χ2v) is 9.15. The summed E-state index contributed by atoms with van der Waals surface area (Å²) in [5.74, 6) is -1.21. The third-order valence-electron chi connectivity index (χ3n) is 5.70. The zero-order valence-corrected chi connectivity index (χ0v) is 14.8. The molecular formula is C15H25N3O5S. The van der Waals surface area contributed by atoms with E-state index in [0.717, 1.165) is 12.8 Å². The van der Waals surface area contributed by atoms with E-state index in [9.17, 15) is 23.1 Å². The molecule has 0 aromatic heterocycles. The summed E-state index contributed by atoms with van der Waals surface area (Å²) in [6.07, 6.45) is 3.44. The maximum atomic E-state index is 12.6. The molecule has 3 aliphatic heterocycles. The van der Waals surface area contributed by atoms with E-state index in [1.54, 1.807) is 4.31 Å². The van der Waals surface area contributed by atoms with Gasteiger partial charge in [0.15, 0.2) is 0 Å². The Morgan fingerprint density at radius 3 is 2.04 bits per heavy atom. The smallest absolute Gasteiger partial charge is 0.326 e. The van der Waals surface area contributed by atoms with Crippen LogP contribution in [0.1, 0.15) is 39.0 Å². The molecule has 0 unspecified atom stereocenters. The topological polar surface area (TPSA) is 98.2 Å². The first-order valence-electron chi connectivity index (χ1n) is 8.50. The summed E-state index contributed by atoms with van der Waals surface area (Å²) >= 11 is 0. The number of hydrogen-bond donors (Lipinski definition) is 1. The second-order valence-electron chi connectivity index (χ2n) is 7.22. The fourth-order valence-electron chi connectivity index (χ4n) is 4.24. The van der Waals surface area contributed by atoms with Gasteiger partial charge in [0.25, 0.3) is 10.2 Å². The summed E-state index contributed by atoms with van der Waals surface area (Å²) in [5, 5.41) is 9.36. The standard InChI is InChI=1S/C15H25N3O5S/c1-12(19)18-11-15(10-13(18)14(20)21)4-8-17(9-5-15)24(22,23)16-6-2-3-7-16/h13H,2-11H2,1H3,(H,20,21)/t13-/m0/s1. The summed E-state index contributed by atoms with van der Waals surface area (Å²) in [7, 11) is -3.40. The zero-order chi connectivity index (χ0) is 17.5. The van der Waals surface area contributed by atoms with Crippen molar-refractivity contribution in [1.29, 1.82) is 0 Å². The van der Waals surface area contributed by atoms with E-state index < -0.39 is 22.2 Å². The zero-order valence-electron chi connectivity index (χ0n) is 14.0. The number of carboxylic acids is 1. The normalized spacial score (nSPS) is 28.5. The van der Waals surface area contributed by atoms with Gasteiger partial charge in [-0.25, -0.2) is 4.79 Å². The third kappa shape index (κ3) is 3.04. The largest absolute Gasteiger partial charge is 0.480 e. The summed E-state index contributed by atoms with van der Waals surface area (Å²) in [6, 6.07) is -0.788. The van der Waals surface area contributed by atoms with Crippen LogP contribution in [0.4, 0.5) is 0 Å². The summed E-state index contributed by atoms with van der Waals surface area (Å²) < 4.78 is 28.3. The molecule has 0 radical (unpaired) electrons. The van der Waals surface area contributed by atoms with Crippen LogP contribution >= 0.6 is 0 Å². The monoisotopic (exact) mass is 359 g/mol. The van der Waals surface area contributed by atoms with Crippen LogP contribution in [0.15, 0.2) is 0 Å². The quantitative estimate of drug-likeness (QED) is 0.771. The first-order valence-corrected chi connectivity index (χ1v) is 9.90. The van der Waals surface area contributed by atoms with Gasteiger partial charge in [-0.15, -0.1) is 0 Å². The molecule has 0 aliphatic carbocycles. The molecule has 0 aromatic rings. The van der Waals surface area contributed by atoms with E-state index in [1.165, 1.54) is 16.1 Å². The molecule has 3 saturated heterocycles. The van der Waals surface area contributed by atoms with Gasteiger partial charge in [0.05, 0.1) is 0 Å². The van der Waals surface area contributed by atoms with Crippen LogP contribution in [0.25, 0.3) is 0 Å². The Bertz CT molecular complexity index is 597. The van der Waals surface area contributed by atoms with Crippen molar-refractivity contribution in [2.75, 3.05) is 32.7 Å². The lowest BCUT2D eigenvalue weighted by Gasteiger charge is -2.39. The predicted molar refractivity (Wildman–Crippen MR) is 86.4 cm³/mol. The van der Waals surface area contributed by atoms with Gasteiger partial charge < -0.3 is 10.0 Å². The summed E-state index contributed by atoms with van der Waals surface area (Å²) in [4.78, 5) is 24.6. The average Bonchev–Trinajstić information content (AvgIpc) is 3.16. The predicted octanol–water partition coefficient (Wildman–Crippen LogP) is 0.115. The SMILES string of the molecule is CC(=O)N1CC2(CCN(S(=O)(=O)N3CCCC3)CC2)C[C@H]1C(=O)O. The van der Waals surface area contributed by atoms with Gasteiger partial charge in [-0.3, -0.25) is 4.79 Å². The minimum atomic E-state index is -3.40. The minimum Gasteiger partial charge on any atom is -0.480 e. The first kappa shape index (κ1) is 17.6. The van der Waals surface area contributed by atoms with E-state index in [0.29, 0.717) is 52.0 Å². The van der Waals surface area contributed by atoms with Crippen LogP contribution in [0.3, 0.4) is 0 Å². The van der Waals surface area contributed by atoms with Crippen molar-refractivity contribution in [2.45, 2.75) is 45.1 Å². The summed E-state index contributed by atoms with van der Waals surface area (Å²) in [5.41, 5.74) is -0.272. The van der Waals surface area contributed by atoms with Crippen molar-refractivity contribution in [3.05, 3.63) is 0 Å². The van der Waals surface area contributed by atoms with Crippen LogP contribution in [-0.2, 0) is 19.8 Å². The number of piperidine rings is 1. The van der Waals surface area contributed by atoms with Gasteiger partial charge in [0.2, 0.25) is 5.91 Å². The van der Waals surface area contributed by atoms with Crippen molar-refractivity contribution in [2.24, 2.45) is 5.41 Å². The number of aliphatic carboxylic acids is 1. The van der Waals surface area contributed by atoms with Gasteiger partial charge in [-0.2, -0.15) is 17.0 Å². The highest BCUT2D eigenvalue weighted by Gasteiger charge is 2.50. The van der Waals surface area contributed by atoms with Crippen LogP contribution in [0, 0.1) is 5.41 Å². The molecule has 0 bridgehead atoms. The molecule has 1 atom stereocenters. The number of amides is 1. The molecule has 1 amide bonds. The molecule has 3 heterocycles. The molecule has 24 heavy (non-hydrogen) atoms. The van der Waals surface area contributed by atoms with E-state index in [-0.39, 0.29) is 11.3 Å². The number of likely N-dealkylation sites (tertiary alicyclic amines) is 1. The Hall–Kier alpha value is -1.19. The number of rotatable bonds is 3. The molecule has 3 aliphatic rings. The van der Waals surface area contributed by atoms with Crippen molar-refractivity contribution in [3.63, 3.8) is 0 Å². The van der Waals surface area contributed by atoms with Gasteiger partial charge in [-0.1, -0.05) is 0 Å². The minimum absolute atomic E-state index is 0.230. The lowest BCUT2D eigenvalue weighted by molar-refractivity contribution is -0.147. The van der Waals surface area contributed by atoms with Gasteiger partial charge in [0.1, 0.15) is 6.04 Å². The molecule has 1 spiro atoms. The number of carboxylic acid groups (broad SMARTS) is 1. The van der Waals surface area contributed by atoms with E-state index in [1.807, 2.05) is 0 Å². The van der Waals surface area contributed by atoms with Gasteiger partial charge in [0, 0.05) is 39.6 Å². The molecule has 9 heteroatoms. The van der Waals surface area contributed by atoms with E-state index in [2.05, 4.69) is 0 Å². The Labute approximate surface area is 142 Å². The molecule has 1 N–H and O–H groups in total. The second kappa shape index (κ2) is 6.27. The summed E-state index contributed by atoms with van der Waals surface area (Å²) in [6.45, 7) is 3.78. The van der Waals surface area contributed by atoms with E-state index in [4.69, 9.17) is 0 Å². The molecule has 136 valence electrons. The van der Waals surface area contributed by atoms with Crippen molar-refractivity contribution < 1.29 is 23.1 Å². The van der Waals surface area contributed by atoms with E-state index >= 15 is 0 Å². The Morgan fingerprint density at radius 1 is 1.04 bits per heavy atom. The highest BCUT2D eigenvalue weighted by Crippen LogP contribution is 2.44. The Balaban J connectivity index is 1.68. The lowest BCUT2D eigenvalue weighted by Crippen LogP contribution is -2.49. The maximum Gasteiger partial charge on any atom is 0.326 e. The van der Waals surface area contributed by atoms with Gasteiger partial charge in [-0.05, 0) is 37.5 Å². The highest BCUT2D eigenvalue weighted by atomic mass is 32.2. The number of carbonyl (C=O) groups excluding carboxylic acids is 1. The average molecular weight is 359 g/mol. The number of carbonyl (C=O) groups is 2. The molecular weight excluding hydrogens is 334 g/mol. The maximum absolute atomic E-state index is 12.6.